The number of rotatable bonds is 4. The highest BCUT2D eigenvalue weighted by Crippen LogP contribution is 2.26. The summed E-state index contributed by atoms with van der Waals surface area (Å²) in [6, 6.07) is 4.73. The number of alkyl halides is 3. The zero-order valence-electron chi connectivity index (χ0n) is 14.1. The molecular formula is C16H21F3N2O4S. The second kappa shape index (κ2) is 7.71. The summed E-state index contributed by atoms with van der Waals surface area (Å²) in [5, 5.41) is 0. The van der Waals surface area contributed by atoms with Crippen LogP contribution in [0.2, 0.25) is 0 Å². The number of sulfonamides is 1. The molecule has 0 aromatic heterocycles. The molecule has 0 bridgehead atoms. The van der Waals surface area contributed by atoms with Crippen LogP contribution in [0.1, 0.15) is 12.8 Å². The van der Waals surface area contributed by atoms with Crippen LogP contribution in [0.3, 0.4) is 0 Å². The molecule has 26 heavy (non-hydrogen) atoms. The minimum absolute atomic E-state index is 0.0356. The first kappa shape index (κ1) is 19.4. The number of benzene rings is 1. The lowest BCUT2D eigenvalue weighted by Crippen LogP contribution is -2.52. The normalized spacial score (nSPS) is 21.7. The van der Waals surface area contributed by atoms with Crippen molar-refractivity contribution in [3.63, 3.8) is 0 Å². The van der Waals surface area contributed by atoms with Gasteiger partial charge >= 0.3 is 6.36 Å². The molecule has 0 aliphatic carbocycles. The Bertz CT molecular complexity index is 695. The minimum Gasteiger partial charge on any atom is -0.406 e. The highest BCUT2D eigenvalue weighted by atomic mass is 32.2. The van der Waals surface area contributed by atoms with Gasteiger partial charge in [-0.3, -0.25) is 4.90 Å². The van der Waals surface area contributed by atoms with Crippen LogP contribution < -0.4 is 4.74 Å². The van der Waals surface area contributed by atoms with Crippen molar-refractivity contribution in [2.24, 2.45) is 0 Å². The number of hydrogen-bond acceptors (Lipinski definition) is 5. The average Bonchev–Trinajstić information content (AvgIpc) is 2.62. The van der Waals surface area contributed by atoms with Gasteiger partial charge in [-0.25, -0.2) is 8.42 Å². The fraction of sp³-hybridized carbons (Fsp3) is 0.625. The van der Waals surface area contributed by atoms with Crippen LogP contribution in [0.15, 0.2) is 29.2 Å². The fourth-order valence-electron chi connectivity index (χ4n) is 3.32. The summed E-state index contributed by atoms with van der Waals surface area (Å²) in [4.78, 5) is 2.25. The predicted octanol–water partition coefficient (Wildman–Crippen LogP) is 2.07. The Morgan fingerprint density at radius 3 is 2.12 bits per heavy atom. The average molecular weight is 394 g/mol. The van der Waals surface area contributed by atoms with Crippen LogP contribution in [0.5, 0.6) is 5.75 Å². The monoisotopic (exact) mass is 394 g/mol. The lowest BCUT2D eigenvalue weighted by Gasteiger charge is -2.40. The lowest BCUT2D eigenvalue weighted by molar-refractivity contribution is -0.274. The van der Waals surface area contributed by atoms with Crippen LogP contribution in [0.25, 0.3) is 0 Å². The van der Waals surface area contributed by atoms with Crippen molar-refractivity contribution in [1.82, 2.24) is 9.21 Å². The maximum absolute atomic E-state index is 12.7. The molecule has 0 N–H and O–H groups in total. The summed E-state index contributed by atoms with van der Waals surface area (Å²) in [6.45, 7) is 3.46. The number of hydrogen-bond donors (Lipinski definition) is 0. The Labute approximate surface area is 150 Å². The van der Waals surface area contributed by atoms with E-state index in [1.54, 1.807) is 0 Å². The molecule has 1 aromatic rings. The Morgan fingerprint density at radius 1 is 1.00 bits per heavy atom. The molecule has 0 unspecified atom stereocenters. The molecule has 0 radical (unpaired) electrons. The predicted molar refractivity (Wildman–Crippen MR) is 87.3 cm³/mol. The third-order valence-corrected chi connectivity index (χ3v) is 6.59. The number of halogens is 3. The summed E-state index contributed by atoms with van der Waals surface area (Å²) in [5.74, 6) is -0.444. The molecule has 0 saturated carbocycles. The van der Waals surface area contributed by atoms with Crippen molar-refractivity contribution < 1.29 is 31.1 Å². The van der Waals surface area contributed by atoms with Crippen LogP contribution >= 0.6 is 0 Å². The first-order valence-corrected chi connectivity index (χ1v) is 9.87. The standard InChI is InChI=1S/C16H21F3N2O4S/c17-16(18,19)25-14-1-3-15(4-2-14)26(22,23)21-9-7-20(8-10-21)13-5-11-24-12-6-13/h1-4,13H,5-12H2. The van der Waals surface area contributed by atoms with Gasteiger partial charge in [0.25, 0.3) is 0 Å². The van der Waals surface area contributed by atoms with Crippen LogP contribution in [-0.2, 0) is 14.8 Å². The topological polar surface area (TPSA) is 59.1 Å². The molecule has 146 valence electrons. The molecule has 2 heterocycles. The van der Waals surface area contributed by atoms with Crippen LogP contribution in [-0.4, -0.2) is 69.4 Å². The van der Waals surface area contributed by atoms with E-state index in [1.165, 1.54) is 4.31 Å². The number of piperazine rings is 1. The Balaban J connectivity index is 1.62. The first-order valence-electron chi connectivity index (χ1n) is 8.43. The molecule has 1 aromatic carbocycles. The van der Waals surface area contributed by atoms with E-state index >= 15 is 0 Å². The quantitative estimate of drug-likeness (QED) is 0.783. The maximum Gasteiger partial charge on any atom is 0.573 e. The van der Waals surface area contributed by atoms with E-state index in [0.717, 1.165) is 50.3 Å². The van der Waals surface area contributed by atoms with E-state index in [4.69, 9.17) is 4.74 Å². The van der Waals surface area contributed by atoms with Gasteiger partial charge in [0, 0.05) is 45.4 Å². The zero-order valence-corrected chi connectivity index (χ0v) is 14.9. The van der Waals surface area contributed by atoms with Crippen molar-refractivity contribution in [3.8, 4) is 5.75 Å². The van der Waals surface area contributed by atoms with E-state index in [0.29, 0.717) is 32.2 Å². The van der Waals surface area contributed by atoms with Crippen molar-refractivity contribution in [1.29, 1.82) is 0 Å². The summed E-state index contributed by atoms with van der Waals surface area (Å²) < 4.78 is 72.5. The van der Waals surface area contributed by atoms with E-state index < -0.39 is 22.1 Å². The minimum atomic E-state index is -4.80. The Hall–Kier alpha value is -1.36. The van der Waals surface area contributed by atoms with Crippen LogP contribution in [0, 0.1) is 0 Å². The molecule has 2 fully saturated rings. The van der Waals surface area contributed by atoms with Crippen molar-refractivity contribution in [2.75, 3.05) is 39.4 Å². The molecule has 2 aliphatic heterocycles. The van der Waals surface area contributed by atoms with Gasteiger partial charge in [-0.15, -0.1) is 13.2 Å². The molecule has 3 rings (SSSR count). The lowest BCUT2D eigenvalue weighted by atomic mass is 10.1. The van der Waals surface area contributed by atoms with Crippen molar-refractivity contribution in [3.05, 3.63) is 24.3 Å². The molecular weight excluding hydrogens is 373 g/mol. The molecule has 6 nitrogen and oxygen atoms in total. The summed E-state index contributed by atoms with van der Waals surface area (Å²) in [7, 11) is -3.73. The number of ether oxygens (including phenoxy) is 2. The van der Waals surface area contributed by atoms with Gasteiger partial charge in [-0.1, -0.05) is 0 Å². The second-order valence-corrected chi connectivity index (χ2v) is 8.24. The van der Waals surface area contributed by atoms with Crippen molar-refractivity contribution >= 4 is 10.0 Å². The van der Waals surface area contributed by atoms with Gasteiger partial charge in [0.1, 0.15) is 5.75 Å². The third-order valence-electron chi connectivity index (χ3n) is 4.68. The Morgan fingerprint density at radius 2 is 1.58 bits per heavy atom. The van der Waals surface area contributed by atoms with Gasteiger partial charge in [0.2, 0.25) is 10.0 Å². The first-order chi connectivity index (χ1) is 12.3. The maximum atomic E-state index is 12.7. The highest BCUT2D eigenvalue weighted by Gasteiger charge is 2.33. The van der Waals surface area contributed by atoms with E-state index in [1.807, 2.05) is 0 Å². The molecule has 0 spiro atoms. The molecule has 2 saturated heterocycles. The van der Waals surface area contributed by atoms with Gasteiger partial charge < -0.3 is 9.47 Å². The summed E-state index contributed by atoms with van der Waals surface area (Å²) in [5.41, 5.74) is 0. The largest absolute Gasteiger partial charge is 0.573 e. The van der Waals surface area contributed by atoms with Gasteiger partial charge in [0.15, 0.2) is 0 Å². The summed E-state index contributed by atoms with van der Waals surface area (Å²) >= 11 is 0. The van der Waals surface area contributed by atoms with E-state index in [-0.39, 0.29) is 4.90 Å². The highest BCUT2D eigenvalue weighted by molar-refractivity contribution is 7.89. The second-order valence-electron chi connectivity index (χ2n) is 6.30. The molecule has 2 aliphatic rings. The molecule has 0 amide bonds. The van der Waals surface area contributed by atoms with Gasteiger partial charge in [0.05, 0.1) is 4.90 Å². The third kappa shape index (κ3) is 4.67. The smallest absolute Gasteiger partial charge is 0.406 e. The summed E-state index contributed by atoms with van der Waals surface area (Å²) in [6.07, 6.45) is -2.90. The van der Waals surface area contributed by atoms with Crippen LogP contribution in [0.4, 0.5) is 13.2 Å². The zero-order chi connectivity index (χ0) is 18.8. The fourth-order valence-corrected chi connectivity index (χ4v) is 4.74. The van der Waals surface area contributed by atoms with Crippen molar-refractivity contribution in [2.45, 2.75) is 30.1 Å². The van der Waals surface area contributed by atoms with Gasteiger partial charge in [-0.05, 0) is 37.1 Å². The SMILES string of the molecule is O=S(=O)(c1ccc(OC(F)(F)F)cc1)N1CCN(C2CCOCC2)CC1. The Kier molecular flexibility index (Phi) is 5.75. The van der Waals surface area contributed by atoms with E-state index in [9.17, 15) is 21.6 Å². The van der Waals surface area contributed by atoms with Gasteiger partial charge in [-0.2, -0.15) is 4.31 Å². The molecule has 10 heteroatoms. The number of nitrogens with zero attached hydrogens (tertiary/aromatic N) is 2. The molecule has 0 atom stereocenters. The van der Waals surface area contributed by atoms with E-state index in [2.05, 4.69) is 9.64 Å².